The molecule has 46 heavy (non-hydrogen) atoms. The summed E-state index contributed by atoms with van der Waals surface area (Å²) in [4.78, 5) is 47.8. The van der Waals surface area contributed by atoms with E-state index in [4.69, 9.17) is 10.5 Å². The Kier molecular flexibility index (Phi) is 7.31. The van der Waals surface area contributed by atoms with Crippen molar-refractivity contribution >= 4 is 34.3 Å². The molecule has 238 valence electrons. The fourth-order valence-corrected chi connectivity index (χ4v) is 5.39. The third kappa shape index (κ3) is 5.42. The van der Waals surface area contributed by atoms with Crippen molar-refractivity contribution in [2.24, 2.45) is 5.73 Å². The van der Waals surface area contributed by atoms with Crippen LogP contribution in [0.2, 0.25) is 0 Å². The van der Waals surface area contributed by atoms with Crippen molar-refractivity contribution < 1.29 is 33.0 Å². The first-order valence-electron chi connectivity index (χ1n) is 14.8. The van der Waals surface area contributed by atoms with Crippen molar-refractivity contribution in [1.82, 2.24) is 15.3 Å². The summed E-state index contributed by atoms with van der Waals surface area (Å²) in [5.74, 6) is -2.17. The predicted molar refractivity (Wildman–Crippen MR) is 166 cm³/mol. The molecule has 4 aromatic rings. The zero-order chi connectivity index (χ0) is 33.2. The number of aryl methyl sites for hydroxylation is 2. The summed E-state index contributed by atoms with van der Waals surface area (Å²) in [6.45, 7) is 6.39. The lowest BCUT2D eigenvalue weighted by Gasteiger charge is -2.26. The number of anilines is 1. The van der Waals surface area contributed by atoms with Gasteiger partial charge in [0.2, 0.25) is 5.91 Å². The molecule has 3 heterocycles. The molecule has 0 bridgehead atoms. The van der Waals surface area contributed by atoms with E-state index >= 15 is 0 Å². The van der Waals surface area contributed by atoms with Crippen molar-refractivity contribution in [3.05, 3.63) is 82.4 Å². The maximum absolute atomic E-state index is 14.5. The molecule has 6 rings (SSSR count). The molecule has 0 saturated heterocycles. The van der Waals surface area contributed by atoms with Gasteiger partial charge in [0.25, 0.3) is 11.8 Å². The number of benzene rings is 2. The summed E-state index contributed by atoms with van der Waals surface area (Å²) in [5.41, 5.74) is 4.44. The number of ether oxygens (including phenoxy) is 1. The van der Waals surface area contributed by atoms with Crippen LogP contribution in [0.3, 0.4) is 0 Å². The summed E-state index contributed by atoms with van der Waals surface area (Å²) >= 11 is 0. The predicted octanol–water partition coefficient (Wildman–Crippen LogP) is 4.27. The highest BCUT2D eigenvalue weighted by Crippen LogP contribution is 2.45. The third-order valence-electron chi connectivity index (χ3n) is 8.85. The number of alkyl halides is 1. The second kappa shape index (κ2) is 10.8. The van der Waals surface area contributed by atoms with E-state index < -0.39 is 40.2 Å². The van der Waals surface area contributed by atoms with Crippen molar-refractivity contribution in [3.8, 4) is 17.0 Å². The zero-order valence-electron chi connectivity index (χ0n) is 25.8. The molecule has 0 spiro atoms. The standard InChI is InChI=1S/C34H33F2N5O5/c1-17-11-20-12-21(13-24(26(20)39-18(17)2)40-31(44)34(36)9-10-34)29(42)38-15-33(4,45)25-14-23-28(46-16-32(23,3)30(37)43)27(41-25)19-5-7-22(35)8-6-19/h5-8,11-14,45H,9-10,15-16H2,1-4H3,(H2,37,43)(H,38,42)(H,40,44)/t32-,33-/m0/s1. The zero-order valence-corrected chi connectivity index (χ0v) is 25.8. The van der Waals surface area contributed by atoms with E-state index in [1.54, 1.807) is 13.0 Å². The molecule has 3 amide bonds. The number of nitrogens with two attached hydrogens (primary N) is 1. The van der Waals surface area contributed by atoms with Crippen LogP contribution in [0.15, 0.2) is 48.5 Å². The summed E-state index contributed by atoms with van der Waals surface area (Å²) in [6.07, 6.45) is 0.254. The van der Waals surface area contributed by atoms with Gasteiger partial charge in [-0.25, -0.2) is 13.8 Å². The minimum absolute atomic E-state index is 0.0475. The van der Waals surface area contributed by atoms with Crippen LogP contribution in [0.1, 0.15) is 59.6 Å². The summed E-state index contributed by atoms with van der Waals surface area (Å²) in [6, 6.07) is 11.9. The number of pyridine rings is 2. The number of halogens is 2. The molecule has 1 aliphatic carbocycles. The van der Waals surface area contributed by atoms with E-state index in [2.05, 4.69) is 20.6 Å². The number of rotatable bonds is 8. The average molecular weight is 630 g/mol. The Morgan fingerprint density at radius 2 is 1.78 bits per heavy atom. The first kappa shape index (κ1) is 31.0. The van der Waals surface area contributed by atoms with Gasteiger partial charge in [0.15, 0.2) is 5.67 Å². The van der Waals surface area contributed by atoms with Crippen LogP contribution in [0.25, 0.3) is 22.2 Å². The molecule has 0 radical (unpaired) electrons. The number of carbonyl (C=O) groups excluding carboxylic acids is 3. The van der Waals surface area contributed by atoms with Gasteiger partial charge in [0.1, 0.15) is 34.9 Å². The topological polar surface area (TPSA) is 157 Å². The maximum atomic E-state index is 14.5. The number of primary amides is 1. The fraction of sp³-hybridized carbons (Fsp3) is 0.324. The molecule has 2 atom stereocenters. The number of amides is 3. The van der Waals surface area contributed by atoms with Crippen molar-refractivity contribution in [1.29, 1.82) is 0 Å². The number of fused-ring (bicyclic) bond motifs is 2. The van der Waals surface area contributed by atoms with E-state index in [0.717, 1.165) is 11.3 Å². The van der Waals surface area contributed by atoms with Gasteiger partial charge in [-0.1, -0.05) is 0 Å². The molecule has 12 heteroatoms. The highest BCUT2D eigenvalue weighted by molar-refractivity contribution is 6.08. The first-order chi connectivity index (χ1) is 21.6. The number of aliphatic hydroxyl groups is 1. The van der Waals surface area contributed by atoms with Gasteiger partial charge in [-0.15, -0.1) is 0 Å². The molecule has 2 aromatic heterocycles. The third-order valence-corrected chi connectivity index (χ3v) is 8.85. The Labute approximate surface area is 263 Å². The molecular weight excluding hydrogens is 596 g/mol. The SMILES string of the molecule is Cc1cc2cc(C(=O)NC[C@](C)(O)c3cc4c(c(-c5ccc(F)cc5)n3)OC[C@]4(C)C(N)=O)cc(NC(=O)C3(F)CC3)c2nc1C. The smallest absolute Gasteiger partial charge is 0.262 e. The Morgan fingerprint density at radius 3 is 2.43 bits per heavy atom. The normalized spacial score (nSPS) is 19.1. The lowest BCUT2D eigenvalue weighted by Crippen LogP contribution is -2.41. The maximum Gasteiger partial charge on any atom is 0.262 e. The number of nitrogens with one attached hydrogen (secondary N) is 2. The molecule has 1 saturated carbocycles. The lowest BCUT2D eigenvalue weighted by molar-refractivity contribution is -0.123. The van der Waals surface area contributed by atoms with Gasteiger partial charge in [-0.3, -0.25) is 19.4 Å². The van der Waals surface area contributed by atoms with Gasteiger partial charge in [-0.05, 0) is 94.6 Å². The van der Waals surface area contributed by atoms with E-state index in [0.29, 0.717) is 27.8 Å². The van der Waals surface area contributed by atoms with Crippen molar-refractivity contribution in [3.63, 3.8) is 0 Å². The number of aromatic nitrogens is 2. The minimum atomic E-state index is -1.94. The van der Waals surface area contributed by atoms with Crippen molar-refractivity contribution in [2.75, 3.05) is 18.5 Å². The first-order valence-corrected chi connectivity index (χ1v) is 14.8. The number of hydrogen-bond acceptors (Lipinski definition) is 7. The van der Waals surface area contributed by atoms with Crippen LogP contribution >= 0.6 is 0 Å². The second-order valence-corrected chi connectivity index (χ2v) is 12.6. The summed E-state index contributed by atoms with van der Waals surface area (Å²) in [5, 5.41) is 17.5. The van der Waals surface area contributed by atoms with E-state index in [9.17, 15) is 28.3 Å². The molecule has 5 N–H and O–H groups in total. The highest BCUT2D eigenvalue weighted by Gasteiger charge is 2.51. The van der Waals surface area contributed by atoms with Crippen LogP contribution in [0.5, 0.6) is 5.75 Å². The van der Waals surface area contributed by atoms with Gasteiger partial charge in [-0.2, -0.15) is 0 Å². The van der Waals surface area contributed by atoms with Crippen LogP contribution in [-0.2, 0) is 20.6 Å². The Hall–Kier alpha value is -4.97. The monoisotopic (exact) mass is 629 g/mol. The second-order valence-electron chi connectivity index (χ2n) is 12.6. The van der Waals surface area contributed by atoms with E-state index in [-0.39, 0.29) is 48.6 Å². The lowest BCUT2D eigenvalue weighted by atomic mass is 9.82. The molecule has 1 aliphatic heterocycles. The van der Waals surface area contributed by atoms with E-state index in [1.807, 2.05) is 19.9 Å². The number of hydrogen-bond donors (Lipinski definition) is 4. The quantitative estimate of drug-likeness (QED) is 0.227. The van der Waals surface area contributed by atoms with Crippen LogP contribution in [0, 0.1) is 19.7 Å². The Morgan fingerprint density at radius 1 is 1.09 bits per heavy atom. The van der Waals surface area contributed by atoms with Gasteiger partial charge in [0.05, 0.1) is 23.4 Å². The average Bonchev–Trinajstić information content (AvgIpc) is 3.68. The van der Waals surface area contributed by atoms with Gasteiger partial charge in [0, 0.05) is 27.8 Å². The van der Waals surface area contributed by atoms with Crippen LogP contribution < -0.4 is 21.1 Å². The molecular formula is C34H33F2N5O5. The molecule has 1 fully saturated rings. The number of nitrogens with zero attached hydrogens (tertiary/aromatic N) is 2. The van der Waals surface area contributed by atoms with Crippen LogP contribution in [0.4, 0.5) is 14.5 Å². The molecule has 10 nitrogen and oxygen atoms in total. The van der Waals surface area contributed by atoms with Gasteiger partial charge < -0.3 is 26.2 Å². The van der Waals surface area contributed by atoms with E-state index in [1.165, 1.54) is 43.3 Å². The largest absolute Gasteiger partial charge is 0.489 e. The molecule has 2 aliphatic rings. The Bertz CT molecular complexity index is 1940. The Balaban J connectivity index is 1.33. The minimum Gasteiger partial charge on any atom is -0.489 e. The van der Waals surface area contributed by atoms with Crippen LogP contribution in [-0.4, -0.2) is 51.6 Å². The van der Waals surface area contributed by atoms with Gasteiger partial charge >= 0.3 is 0 Å². The summed E-state index contributed by atoms with van der Waals surface area (Å²) < 4.78 is 34.1. The fourth-order valence-electron chi connectivity index (χ4n) is 5.39. The highest BCUT2D eigenvalue weighted by atomic mass is 19.1. The summed E-state index contributed by atoms with van der Waals surface area (Å²) in [7, 11) is 0. The molecule has 2 aromatic carbocycles. The molecule has 0 unspecified atom stereocenters. The number of carbonyl (C=O) groups is 3. The van der Waals surface area contributed by atoms with Crippen molar-refractivity contribution in [2.45, 2.75) is 57.2 Å².